The summed E-state index contributed by atoms with van der Waals surface area (Å²) in [7, 11) is 5.89. The van der Waals surface area contributed by atoms with E-state index in [1.807, 2.05) is 13.0 Å². The number of ketones is 1. The molecule has 0 bridgehead atoms. The maximum atomic E-state index is 13.5. The molecule has 3 aromatic rings. The highest BCUT2D eigenvalue weighted by atomic mass is 35.5. The largest absolute Gasteiger partial charge is 0.507 e. The minimum Gasteiger partial charge on any atom is -0.507 e. The first-order valence-corrected chi connectivity index (χ1v) is 11.6. The molecule has 8 nitrogen and oxygen atoms in total. The fraction of sp³-hybridized carbons (Fsp3) is 0.214. The third kappa shape index (κ3) is 4.56. The van der Waals surface area contributed by atoms with Crippen LogP contribution in [0.1, 0.15) is 22.7 Å². The average molecular weight is 524 g/mol. The van der Waals surface area contributed by atoms with Gasteiger partial charge in [-0.25, -0.2) is 0 Å². The zero-order valence-electron chi connectivity index (χ0n) is 21.0. The standard InChI is InChI=1S/C28H26ClNO7/c1-15-7-6-8-18(11-15)30-24(17-13-21(35-3)27(37-5)22(14-17)36-4)23(26(32)28(30)33)25(31)16-9-10-20(34-2)19(29)12-16/h6-14,24,31H,1-5H3/b25-23+. The van der Waals surface area contributed by atoms with Crippen molar-refractivity contribution in [3.63, 3.8) is 0 Å². The van der Waals surface area contributed by atoms with Gasteiger partial charge in [-0.05, 0) is 60.5 Å². The fourth-order valence-electron chi connectivity index (χ4n) is 4.42. The quantitative estimate of drug-likeness (QED) is 0.255. The van der Waals surface area contributed by atoms with Gasteiger partial charge in [0.05, 0.1) is 45.1 Å². The van der Waals surface area contributed by atoms with E-state index < -0.39 is 17.7 Å². The van der Waals surface area contributed by atoms with Crippen molar-refractivity contribution in [3.05, 3.63) is 81.9 Å². The minimum atomic E-state index is -1.00. The van der Waals surface area contributed by atoms with E-state index in [1.165, 1.54) is 39.4 Å². The van der Waals surface area contributed by atoms with Crippen molar-refractivity contribution >= 4 is 34.7 Å². The predicted octanol–water partition coefficient (Wildman–Crippen LogP) is 5.31. The average Bonchev–Trinajstić information content (AvgIpc) is 3.17. The number of aliphatic hydroxyl groups is 1. The Morgan fingerprint density at radius 3 is 2.05 bits per heavy atom. The molecule has 1 heterocycles. The zero-order valence-corrected chi connectivity index (χ0v) is 21.8. The summed E-state index contributed by atoms with van der Waals surface area (Å²) in [6, 6.07) is 14.1. The Labute approximate surface area is 219 Å². The number of aliphatic hydroxyl groups excluding tert-OH is 1. The lowest BCUT2D eigenvalue weighted by molar-refractivity contribution is -0.132. The molecule has 1 saturated heterocycles. The molecule has 0 aliphatic carbocycles. The summed E-state index contributed by atoms with van der Waals surface area (Å²) < 4.78 is 21.7. The monoisotopic (exact) mass is 523 g/mol. The first-order valence-electron chi connectivity index (χ1n) is 11.3. The lowest BCUT2D eigenvalue weighted by Gasteiger charge is -2.27. The molecule has 0 saturated carbocycles. The topological polar surface area (TPSA) is 94.5 Å². The van der Waals surface area contributed by atoms with Crippen LogP contribution in [-0.4, -0.2) is 45.2 Å². The molecule has 37 heavy (non-hydrogen) atoms. The van der Waals surface area contributed by atoms with Gasteiger partial charge in [-0.1, -0.05) is 23.7 Å². The van der Waals surface area contributed by atoms with Crippen LogP contribution in [0.4, 0.5) is 5.69 Å². The molecule has 192 valence electrons. The summed E-state index contributed by atoms with van der Waals surface area (Å²) in [5.41, 5.74) is 2.00. The Morgan fingerprint density at radius 2 is 1.51 bits per heavy atom. The normalized spacial score (nSPS) is 16.6. The third-order valence-corrected chi connectivity index (χ3v) is 6.45. The van der Waals surface area contributed by atoms with Crippen molar-refractivity contribution in [2.24, 2.45) is 0 Å². The fourth-order valence-corrected chi connectivity index (χ4v) is 4.68. The summed E-state index contributed by atoms with van der Waals surface area (Å²) in [5.74, 6) is -0.590. The van der Waals surface area contributed by atoms with Crippen LogP contribution in [0.15, 0.2) is 60.2 Å². The number of halogens is 1. The Morgan fingerprint density at radius 1 is 0.865 bits per heavy atom. The van der Waals surface area contributed by atoms with E-state index in [2.05, 4.69) is 0 Å². The summed E-state index contributed by atoms with van der Waals surface area (Å²) in [6.45, 7) is 1.88. The van der Waals surface area contributed by atoms with E-state index in [0.29, 0.717) is 34.2 Å². The van der Waals surface area contributed by atoms with Crippen LogP contribution in [0, 0.1) is 6.92 Å². The number of ether oxygens (including phenoxy) is 4. The minimum absolute atomic E-state index is 0.109. The molecule has 9 heteroatoms. The maximum absolute atomic E-state index is 13.5. The molecule has 4 rings (SSSR count). The number of aryl methyl sites for hydroxylation is 1. The van der Waals surface area contributed by atoms with Gasteiger partial charge in [0.1, 0.15) is 11.5 Å². The lowest BCUT2D eigenvalue weighted by atomic mass is 9.94. The number of carbonyl (C=O) groups excluding carboxylic acids is 2. The smallest absolute Gasteiger partial charge is 0.300 e. The molecule has 1 aliphatic rings. The maximum Gasteiger partial charge on any atom is 0.300 e. The number of benzene rings is 3. The predicted molar refractivity (Wildman–Crippen MR) is 140 cm³/mol. The first-order chi connectivity index (χ1) is 17.7. The zero-order chi connectivity index (χ0) is 26.9. The summed E-state index contributed by atoms with van der Waals surface area (Å²) in [4.78, 5) is 28.3. The van der Waals surface area contributed by atoms with Gasteiger partial charge in [0, 0.05) is 11.3 Å². The number of anilines is 1. The SMILES string of the molecule is COc1ccc(/C(O)=C2\C(=O)C(=O)N(c3cccc(C)c3)C2c2cc(OC)c(OC)c(OC)c2)cc1Cl. The van der Waals surface area contributed by atoms with Crippen molar-refractivity contribution in [1.29, 1.82) is 0 Å². The Kier molecular flexibility index (Phi) is 7.31. The molecular formula is C28H26ClNO7. The van der Waals surface area contributed by atoms with E-state index in [1.54, 1.807) is 42.5 Å². The van der Waals surface area contributed by atoms with Crippen molar-refractivity contribution in [2.75, 3.05) is 33.3 Å². The van der Waals surface area contributed by atoms with E-state index in [-0.39, 0.29) is 21.9 Å². The number of carbonyl (C=O) groups is 2. The number of nitrogens with zero attached hydrogens (tertiary/aromatic N) is 1. The molecule has 0 aromatic heterocycles. The molecule has 3 aromatic carbocycles. The molecule has 1 unspecified atom stereocenters. The van der Waals surface area contributed by atoms with Crippen LogP contribution in [0.3, 0.4) is 0 Å². The van der Waals surface area contributed by atoms with Gasteiger partial charge in [0.25, 0.3) is 11.7 Å². The van der Waals surface area contributed by atoms with Gasteiger partial charge in [-0.2, -0.15) is 0 Å². The van der Waals surface area contributed by atoms with Gasteiger partial charge in [0.2, 0.25) is 5.75 Å². The molecule has 1 atom stereocenters. The Bertz CT molecular complexity index is 1390. The van der Waals surface area contributed by atoms with Gasteiger partial charge in [0.15, 0.2) is 11.5 Å². The lowest BCUT2D eigenvalue weighted by Crippen LogP contribution is -2.29. The second-order valence-electron chi connectivity index (χ2n) is 8.32. The van der Waals surface area contributed by atoms with Crippen LogP contribution >= 0.6 is 11.6 Å². The van der Waals surface area contributed by atoms with Crippen molar-refractivity contribution < 1.29 is 33.6 Å². The number of amides is 1. The number of hydrogen-bond donors (Lipinski definition) is 1. The van der Waals surface area contributed by atoms with E-state index in [9.17, 15) is 14.7 Å². The highest BCUT2D eigenvalue weighted by Gasteiger charge is 2.47. The molecule has 1 amide bonds. The Balaban J connectivity index is 2.02. The molecule has 1 aliphatic heterocycles. The number of rotatable bonds is 7. The van der Waals surface area contributed by atoms with Gasteiger partial charge in [-0.15, -0.1) is 0 Å². The third-order valence-electron chi connectivity index (χ3n) is 6.15. The van der Waals surface area contributed by atoms with Crippen LogP contribution in [0.5, 0.6) is 23.0 Å². The number of hydrogen-bond acceptors (Lipinski definition) is 7. The highest BCUT2D eigenvalue weighted by Crippen LogP contribution is 2.47. The second kappa shape index (κ2) is 10.4. The van der Waals surface area contributed by atoms with Crippen LogP contribution in [0.2, 0.25) is 5.02 Å². The van der Waals surface area contributed by atoms with Crippen LogP contribution in [-0.2, 0) is 9.59 Å². The van der Waals surface area contributed by atoms with Crippen molar-refractivity contribution in [1.82, 2.24) is 0 Å². The molecule has 0 radical (unpaired) electrons. The highest BCUT2D eigenvalue weighted by molar-refractivity contribution is 6.51. The van der Waals surface area contributed by atoms with E-state index in [4.69, 9.17) is 30.5 Å². The Hall–Kier alpha value is -4.17. The molecule has 0 spiro atoms. The number of Topliss-reactive ketones (excluding diaryl/α,β-unsaturated/α-hetero) is 1. The summed E-state index contributed by atoms with van der Waals surface area (Å²) in [5, 5.41) is 11.6. The second-order valence-corrected chi connectivity index (χ2v) is 8.72. The van der Waals surface area contributed by atoms with Gasteiger partial charge in [-0.3, -0.25) is 14.5 Å². The van der Waals surface area contributed by atoms with Gasteiger partial charge < -0.3 is 24.1 Å². The van der Waals surface area contributed by atoms with Crippen molar-refractivity contribution in [2.45, 2.75) is 13.0 Å². The molecular weight excluding hydrogens is 498 g/mol. The summed E-state index contributed by atoms with van der Waals surface area (Å²) >= 11 is 6.29. The molecule has 1 fully saturated rings. The van der Waals surface area contributed by atoms with E-state index >= 15 is 0 Å². The van der Waals surface area contributed by atoms with Crippen LogP contribution in [0.25, 0.3) is 5.76 Å². The van der Waals surface area contributed by atoms with E-state index in [0.717, 1.165) is 5.56 Å². The van der Waals surface area contributed by atoms with Crippen molar-refractivity contribution in [3.8, 4) is 23.0 Å². The number of methoxy groups -OCH3 is 4. The first kappa shape index (κ1) is 25.9. The van der Waals surface area contributed by atoms with Gasteiger partial charge >= 0.3 is 0 Å². The van der Waals surface area contributed by atoms with Crippen LogP contribution < -0.4 is 23.8 Å². The molecule has 1 N–H and O–H groups in total. The summed E-state index contributed by atoms with van der Waals surface area (Å²) in [6.07, 6.45) is 0.